The molecule has 0 spiro atoms. The lowest BCUT2D eigenvalue weighted by atomic mass is 9.97. The fourth-order valence-corrected chi connectivity index (χ4v) is 5.21. The Hall–Kier alpha value is -4.36. The fraction of sp³-hybridized carbons (Fsp3) is 0.778. The van der Waals surface area contributed by atoms with Gasteiger partial charge in [-0.2, -0.15) is 0 Å². The maximum atomic E-state index is 13.0. The Kier molecular flexibility index (Phi) is 19.5. The predicted molar refractivity (Wildman–Crippen MR) is 182 cm³/mol. The molecule has 2 aliphatic rings. The summed E-state index contributed by atoms with van der Waals surface area (Å²) >= 11 is 0. The largest absolute Gasteiger partial charge is 0.463 e. The summed E-state index contributed by atoms with van der Waals surface area (Å²) in [5.74, 6) is -8.71. The average molecular weight is 791 g/mol. The number of carbonyl (C=O) groups excluding carboxylic acids is 8. The molecule has 2 aliphatic heterocycles. The molecule has 0 aromatic heterocycles. The maximum Gasteiger partial charge on any atom is 0.306 e. The molecule has 0 radical (unpaired) electrons. The van der Waals surface area contributed by atoms with Gasteiger partial charge in [0.1, 0.15) is 32.0 Å². The highest BCUT2D eigenvalue weighted by atomic mass is 16.8. The second kappa shape index (κ2) is 22.9. The standard InChI is InChI=1S/C36H54O19/c1-9-22(37)45-17-20-30(49-25(40)12-4)32(51-27(42)14-6)33(52-28(43)15-7)35(48-20)55-36(19-47-24(39)11-3)34(53-29(44)16-8)31(50-26(41)13-5)21(54-36)18-46-23(38)10-2/h20-21,30-35H,9-19H2,1-8H3/t20-,21-,30-,31-,32+,33-,34+,35-,36+/m1/s1. The number of hydrogen-bond donors (Lipinski definition) is 0. The van der Waals surface area contributed by atoms with Gasteiger partial charge < -0.3 is 52.1 Å². The van der Waals surface area contributed by atoms with Crippen LogP contribution in [-0.2, 0) is 90.5 Å². The van der Waals surface area contributed by atoms with Gasteiger partial charge in [0.25, 0.3) is 0 Å². The van der Waals surface area contributed by atoms with Crippen LogP contribution < -0.4 is 0 Å². The van der Waals surface area contributed by atoms with Crippen LogP contribution in [0.1, 0.15) is 107 Å². The van der Waals surface area contributed by atoms with E-state index in [4.69, 9.17) is 52.1 Å². The Morgan fingerprint density at radius 3 is 1.29 bits per heavy atom. The smallest absolute Gasteiger partial charge is 0.306 e. The highest BCUT2D eigenvalue weighted by Gasteiger charge is 2.65. The van der Waals surface area contributed by atoms with Crippen LogP contribution in [0.4, 0.5) is 0 Å². The van der Waals surface area contributed by atoms with Gasteiger partial charge in [-0.25, -0.2) is 0 Å². The van der Waals surface area contributed by atoms with Crippen LogP contribution >= 0.6 is 0 Å². The van der Waals surface area contributed by atoms with E-state index < -0.39 is 122 Å². The molecule has 2 rings (SSSR count). The van der Waals surface area contributed by atoms with E-state index in [0.29, 0.717) is 0 Å². The summed E-state index contributed by atoms with van der Waals surface area (Å²) in [6, 6.07) is 0. The van der Waals surface area contributed by atoms with E-state index in [0.717, 1.165) is 0 Å². The zero-order valence-corrected chi connectivity index (χ0v) is 32.7. The lowest BCUT2D eigenvalue weighted by Gasteiger charge is -2.46. The molecule has 0 bridgehead atoms. The molecule has 0 amide bonds. The molecule has 19 nitrogen and oxygen atoms in total. The Morgan fingerprint density at radius 1 is 0.436 bits per heavy atom. The zero-order valence-electron chi connectivity index (χ0n) is 32.7. The lowest BCUT2D eigenvalue weighted by Crippen LogP contribution is -2.66. The molecule has 312 valence electrons. The van der Waals surface area contributed by atoms with E-state index in [9.17, 15) is 38.4 Å². The van der Waals surface area contributed by atoms with Crippen molar-refractivity contribution in [1.29, 1.82) is 0 Å². The summed E-state index contributed by atoms with van der Waals surface area (Å²) in [6.45, 7) is 9.95. The summed E-state index contributed by atoms with van der Waals surface area (Å²) in [5, 5.41) is 0. The maximum absolute atomic E-state index is 13.0. The SMILES string of the molecule is CCC(=O)OC[C@H]1O[C@@](COC(=O)CC)(O[C@H]2O[C@H](COC(=O)CC)[C@@H](OC(=O)CC)[C@H](OC(=O)CC)[C@H]2OC(=O)CC)[C@@H](OC(=O)CC)[C@@H]1OC(=O)CC. The summed E-state index contributed by atoms with van der Waals surface area (Å²) < 4.78 is 63.7. The number of esters is 8. The number of hydrogen-bond acceptors (Lipinski definition) is 19. The molecule has 0 aromatic rings. The molecular formula is C36H54O19. The highest BCUT2D eigenvalue weighted by Crippen LogP contribution is 2.42. The molecular weight excluding hydrogens is 736 g/mol. The monoisotopic (exact) mass is 790 g/mol. The summed E-state index contributed by atoms with van der Waals surface area (Å²) in [6.07, 6.45) is -14.3. The number of carbonyl (C=O) groups is 8. The summed E-state index contributed by atoms with van der Waals surface area (Å²) in [4.78, 5) is 102. The van der Waals surface area contributed by atoms with E-state index in [1.54, 1.807) is 0 Å². The van der Waals surface area contributed by atoms with Gasteiger partial charge in [0.15, 0.2) is 30.5 Å². The molecule has 0 unspecified atom stereocenters. The van der Waals surface area contributed by atoms with Crippen molar-refractivity contribution < 1.29 is 90.5 Å². The van der Waals surface area contributed by atoms with Crippen molar-refractivity contribution in [1.82, 2.24) is 0 Å². The molecule has 0 aromatic carbocycles. The molecule has 55 heavy (non-hydrogen) atoms. The third-order valence-corrected chi connectivity index (χ3v) is 8.25. The van der Waals surface area contributed by atoms with Crippen molar-refractivity contribution in [2.75, 3.05) is 19.8 Å². The molecule has 0 saturated carbocycles. The van der Waals surface area contributed by atoms with E-state index in [1.165, 1.54) is 55.4 Å². The van der Waals surface area contributed by atoms with E-state index in [-0.39, 0.29) is 51.4 Å². The van der Waals surface area contributed by atoms with E-state index in [2.05, 4.69) is 0 Å². The van der Waals surface area contributed by atoms with Gasteiger partial charge in [-0.15, -0.1) is 0 Å². The van der Waals surface area contributed by atoms with Crippen LogP contribution in [0.25, 0.3) is 0 Å². The fourth-order valence-electron chi connectivity index (χ4n) is 5.21. The van der Waals surface area contributed by atoms with Crippen molar-refractivity contribution in [3.63, 3.8) is 0 Å². The van der Waals surface area contributed by atoms with Crippen LogP contribution in [0.3, 0.4) is 0 Å². The zero-order chi connectivity index (χ0) is 41.3. The molecule has 2 fully saturated rings. The minimum absolute atomic E-state index is 0.0395. The third kappa shape index (κ3) is 13.4. The predicted octanol–water partition coefficient (Wildman–Crippen LogP) is 2.29. The van der Waals surface area contributed by atoms with Crippen molar-refractivity contribution in [2.24, 2.45) is 0 Å². The van der Waals surface area contributed by atoms with Crippen LogP contribution in [0.5, 0.6) is 0 Å². The average Bonchev–Trinajstić information content (AvgIpc) is 3.46. The Balaban J connectivity index is 2.92. The number of rotatable bonds is 21. The third-order valence-electron chi connectivity index (χ3n) is 8.25. The summed E-state index contributed by atoms with van der Waals surface area (Å²) in [5.41, 5.74) is 0. The van der Waals surface area contributed by atoms with Gasteiger partial charge in [0.2, 0.25) is 12.1 Å². The minimum Gasteiger partial charge on any atom is -0.463 e. The van der Waals surface area contributed by atoms with Gasteiger partial charge >= 0.3 is 47.8 Å². The topological polar surface area (TPSA) is 238 Å². The second-order valence-corrected chi connectivity index (χ2v) is 12.2. The first-order valence-electron chi connectivity index (χ1n) is 18.6. The number of ether oxygens (including phenoxy) is 11. The molecule has 19 heteroatoms. The molecule has 2 saturated heterocycles. The Morgan fingerprint density at radius 2 is 0.818 bits per heavy atom. The van der Waals surface area contributed by atoms with E-state index >= 15 is 0 Å². The molecule has 9 atom stereocenters. The summed E-state index contributed by atoms with van der Waals surface area (Å²) in [7, 11) is 0. The highest BCUT2D eigenvalue weighted by molar-refractivity contribution is 5.73. The van der Waals surface area contributed by atoms with Gasteiger partial charge in [-0.05, 0) is 0 Å². The van der Waals surface area contributed by atoms with Crippen molar-refractivity contribution in [2.45, 2.75) is 162 Å². The van der Waals surface area contributed by atoms with Crippen LogP contribution in [0.2, 0.25) is 0 Å². The van der Waals surface area contributed by atoms with E-state index in [1.807, 2.05) is 0 Å². The molecule has 2 heterocycles. The Labute approximate surface area is 319 Å². The first kappa shape index (κ1) is 46.8. The van der Waals surface area contributed by atoms with Crippen LogP contribution in [0, 0.1) is 0 Å². The molecule has 0 aliphatic carbocycles. The van der Waals surface area contributed by atoms with Gasteiger partial charge in [-0.1, -0.05) is 55.4 Å². The van der Waals surface area contributed by atoms with Gasteiger partial charge in [0, 0.05) is 51.4 Å². The van der Waals surface area contributed by atoms with Gasteiger partial charge in [0.05, 0.1) is 0 Å². The second-order valence-electron chi connectivity index (χ2n) is 12.2. The lowest BCUT2D eigenvalue weighted by molar-refractivity contribution is -0.384. The van der Waals surface area contributed by atoms with Crippen LogP contribution in [-0.4, -0.2) is 122 Å². The quantitative estimate of drug-likeness (QED) is 0.120. The minimum atomic E-state index is -2.49. The molecule has 0 N–H and O–H groups in total. The van der Waals surface area contributed by atoms with Crippen LogP contribution in [0.15, 0.2) is 0 Å². The first-order chi connectivity index (χ1) is 26.1. The Bertz CT molecular complexity index is 1350. The van der Waals surface area contributed by atoms with Crippen molar-refractivity contribution >= 4 is 47.8 Å². The normalized spacial score (nSPS) is 27.2. The van der Waals surface area contributed by atoms with Crippen molar-refractivity contribution in [3.8, 4) is 0 Å². The first-order valence-corrected chi connectivity index (χ1v) is 18.6. The van der Waals surface area contributed by atoms with Crippen molar-refractivity contribution in [3.05, 3.63) is 0 Å². The van der Waals surface area contributed by atoms with Gasteiger partial charge in [-0.3, -0.25) is 38.4 Å².